The van der Waals surface area contributed by atoms with Crippen molar-refractivity contribution in [1.29, 1.82) is 0 Å². The molecule has 20 heavy (non-hydrogen) atoms. The summed E-state index contributed by atoms with van der Waals surface area (Å²) in [5.74, 6) is -1.21. The van der Waals surface area contributed by atoms with E-state index in [2.05, 4.69) is 5.32 Å². The van der Waals surface area contributed by atoms with Gasteiger partial charge in [-0.05, 0) is 32.1 Å². The number of fused-ring (bicyclic) bond motifs is 1. The van der Waals surface area contributed by atoms with Crippen LogP contribution in [0, 0.1) is 5.92 Å². The highest BCUT2D eigenvalue weighted by molar-refractivity contribution is 5.90. The van der Waals surface area contributed by atoms with Crippen LogP contribution in [-0.2, 0) is 14.4 Å². The quantitative estimate of drug-likeness (QED) is 0.800. The maximum absolute atomic E-state index is 12.5. The molecule has 2 aliphatic rings. The first-order valence-corrected chi connectivity index (χ1v) is 7.24. The van der Waals surface area contributed by atoms with Crippen LogP contribution in [0.5, 0.6) is 0 Å². The number of hydrogen-bond acceptors (Lipinski definition) is 3. The Bertz CT molecular complexity index is 423. The van der Waals surface area contributed by atoms with E-state index in [1.54, 1.807) is 6.92 Å². The highest BCUT2D eigenvalue weighted by Gasteiger charge is 2.48. The third-order valence-electron chi connectivity index (χ3n) is 4.42. The first kappa shape index (κ1) is 14.8. The van der Waals surface area contributed by atoms with Gasteiger partial charge in [0.2, 0.25) is 11.8 Å². The second-order valence-corrected chi connectivity index (χ2v) is 5.87. The number of carbonyl (C=O) groups is 3. The maximum atomic E-state index is 12.5. The summed E-state index contributed by atoms with van der Waals surface area (Å²) in [6.07, 6.45) is 4.54. The number of carboxylic acid groups (broad SMARTS) is 1. The molecule has 1 heterocycles. The van der Waals surface area contributed by atoms with Gasteiger partial charge in [-0.2, -0.15) is 0 Å². The molecule has 1 saturated carbocycles. The van der Waals surface area contributed by atoms with Gasteiger partial charge in [0.1, 0.15) is 12.1 Å². The number of amides is 2. The maximum Gasteiger partial charge on any atom is 0.326 e. The molecule has 4 atom stereocenters. The molecule has 0 aromatic rings. The molecule has 2 amide bonds. The summed E-state index contributed by atoms with van der Waals surface area (Å²) in [4.78, 5) is 36.5. The van der Waals surface area contributed by atoms with Crippen molar-refractivity contribution in [2.24, 2.45) is 5.92 Å². The highest BCUT2D eigenvalue weighted by Crippen LogP contribution is 2.40. The van der Waals surface area contributed by atoms with Crippen LogP contribution < -0.4 is 5.32 Å². The molecule has 1 aliphatic heterocycles. The van der Waals surface area contributed by atoms with Gasteiger partial charge in [0.05, 0.1) is 0 Å². The van der Waals surface area contributed by atoms with Crippen LogP contribution in [-0.4, -0.2) is 45.9 Å². The Labute approximate surface area is 118 Å². The summed E-state index contributed by atoms with van der Waals surface area (Å²) in [5, 5.41) is 11.9. The van der Waals surface area contributed by atoms with Gasteiger partial charge in [-0.25, -0.2) is 4.79 Å². The number of rotatable bonds is 3. The molecule has 6 nitrogen and oxygen atoms in total. The van der Waals surface area contributed by atoms with Crippen molar-refractivity contribution in [2.75, 3.05) is 0 Å². The third-order valence-corrected chi connectivity index (χ3v) is 4.42. The van der Waals surface area contributed by atoms with Crippen LogP contribution in [0.2, 0.25) is 0 Å². The molecule has 2 N–H and O–H groups in total. The summed E-state index contributed by atoms with van der Waals surface area (Å²) in [5.41, 5.74) is 0. The molecule has 4 unspecified atom stereocenters. The Morgan fingerprint density at radius 3 is 2.50 bits per heavy atom. The van der Waals surface area contributed by atoms with Gasteiger partial charge in [0, 0.05) is 13.0 Å². The number of nitrogens with zero attached hydrogens (tertiary/aromatic N) is 1. The van der Waals surface area contributed by atoms with Crippen LogP contribution >= 0.6 is 0 Å². The van der Waals surface area contributed by atoms with E-state index in [-0.39, 0.29) is 17.9 Å². The van der Waals surface area contributed by atoms with Crippen LogP contribution in [0.25, 0.3) is 0 Å². The van der Waals surface area contributed by atoms with Crippen LogP contribution in [0.15, 0.2) is 0 Å². The highest BCUT2D eigenvalue weighted by atomic mass is 16.4. The lowest BCUT2D eigenvalue weighted by atomic mass is 9.84. The monoisotopic (exact) mass is 282 g/mol. The average Bonchev–Trinajstić information content (AvgIpc) is 2.76. The Balaban J connectivity index is 2.18. The average molecular weight is 282 g/mol. The standard InChI is InChI=1S/C14H22N2O4/c1-8(15-9(2)17)13(18)16-11-6-4-3-5-10(11)7-12(16)14(19)20/h8,10-12H,3-7H2,1-2H3,(H,15,17)(H,19,20). The zero-order chi connectivity index (χ0) is 14.9. The molecule has 112 valence electrons. The summed E-state index contributed by atoms with van der Waals surface area (Å²) >= 11 is 0. The number of likely N-dealkylation sites (tertiary alicyclic amines) is 1. The Kier molecular flexibility index (Phi) is 4.30. The molecule has 0 radical (unpaired) electrons. The molecule has 0 aromatic heterocycles. The normalized spacial score (nSPS) is 30.5. The molecular weight excluding hydrogens is 260 g/mol. The Morgan fingerprint density at radius 1 is 1.25 bits per heavy atom. The van der Waals surface area contributed by atoms with Gasteiger partial charge >= 0.3 is 5.97 Å². The second-order valence-electron chi connectivity index (χ2n) is 5.87. The number of hydrogen-bond donors (Lipinski definition) is 2. The molecule has 2 rings (SSSR count). The summed E-state index contributed by atoms with van der Waals surface area (Å²) in [6, 6.07) is -1.39. The minimum absolute atomic E-state index is 0.0218. The summed E-state index contributed by atoms with van der Waals surface area (Å²) in [6.45, 7) is 2.96. The second kappa shape index (κ2) is 5.81. The van der Waals surface area contributed by atoms with Gasteiger partial charge in [-0.3, -0.25) is 9.59 Å². The zero-order valence-electron chi connectivity index (χ0n) is 12.0. The van der Waals surface area contributed by atoms with E-state index < -0.39 is 18.1 Å². The molecule has 1 aliphatic carbocycles. The van der Waals surface area contributed by atoms with Gasteiger partial charge < -0.3 is 15.3 Å². The van der Waals surface area contributed by atoms with Crippen molar-refractivity contribution >= 4 is 17.8 Å². The minimum atomic E-state index is -0.942. The van der Waals surface area contributed by atoms with Crippen LogP contribution in [0.4, 0.5) is 0 Å². The van der Waals surface area contributed by atoms with Crippen molar-refractivity contribution in [3.8, 4) is 0 Å². The molecule has 0 aromatic carbocycles. The summed E-state index contributed by atoms with van der Waals surface area (Å²) < 4.78 is 0. The lowest BCUT2D eigenvalue weighted by Crippen LogP contribution is -2.53. The zero-order valence-corrected chi connectivity index (χ0v) is 12.0. The van der Waals surface area contributed by atoms with Crippen molar-refractivity contribution in [1.82, 2.24) is 10.2 Å². The third kappa shape index (κ3) is 2.78. The predicted octanol–water partition coefficient (Wildman–Crippen LogP) is 0.755. The summed E-state index contributed by atoms with van der Waals surface area (Å²) in [7, 11) is 0. The van der Waals surface area contributed by atoms with Gasteiger partial charge in [-0.15, -0.1) is 0 Å². The molecule has 0 bridgehead atoms. The first-order valence-electron chi connectivity index (χ1n) is 7.24. The van der Waals surface area contributed by atoms with E-state index in [0.29, 0.717) is 12.3 Å². The lowest BCUT2D eigenvalue weighted by molar-refractivity contribution is -0.151. The van der Waals surface area contributed by atoms with E-state index in [1.165, 1.54) is 11.8 Å². The first-order chi connectivity index (χ1) is 9.41. The topological polar surface area (TPSA) is 86.7 Å². The van der Waals surface area contributed by atoms with E-state index >= 15 is 0 Å². The fourth-order valence-electron chi connectivity index (χ4n) is 3.59. The van der Waals surface area contributed by atoms with Crippen LogP contribution in [0.1, 0.15) is 46.0 Å². The number of carboxylic acids is 1. The largest absolute Gasteiger partial charge is 0.480 e. The molecule has 2 fully saturated rings. The molecule has 6 heteroatoms. The number of nitrogens with one attached hydrogen (secondary N) is 1. The van der Waals surface area contributed by atoms with E-state index in [0.717, 1.165) is 25.7 Å². The Hall–Kier alpha value is -1.59. The minimum Gasteiger partial charge on any atom is -0.480 e. The lowest BCUT2D eigenvalue weighted by Gasteiger charge is -2.34. The molecule has 0 spiro atoms. The van der Waals surface area contributed by atoms with Crippen LogP contribution in [0.3, 0.4) is 0 Å². The van der Waals surface area contributed by atoms with E-state index in [4.69, 9.17) is 0 Å². The number of aliphatic carboxylic acids is 1. The predicted molar refractivity (Wildman–Crippen MR) is 71.9 cm³/mol. The van der Waals surface area contributed by atoms with Gasteiger partial charge in [0.15, 0.2) is 0 Å². The smallest absolute Gasteiger partial charge is 0.326 e. The molecule has 1 saturated heterocycles. The van der Waals surface area contributed by atoms with E-state index in [1.807, 2.05) is 0 Å². The van der Waals surface area contributed by atoms with Crippen molar-refractivity contribution in [2.45, 2.75) is 64.1 Å². The SMILES string of the molecule is CC(=O)NC(C)C(=O)N1C(C(=O)O)CC2CCCCC21. The molecular formula is C14H22N2O4. The number of carbonyl (C=O) groups excluding carboxylic acids is 2. The Morgan fingerprint density at radius 2 is 1.90 bits per heavy atom. The van der Waals surface area contributed by atoms with Gasteiger partial charge in [-0.1, -0.05) is 12.8 Å². The van der Waals surface area contributed by atoms with E-state index in [9.17, 15) is 19.5 Å². The fourth-order valence-corrected chi connectivity index (χ4v) is 3.59. The van der Waals surface area contributed by atoms with Crippen molar-refractivity contribution in [3.63, 3.8) is 0 Å². The van der Waals surface area contributed by atoms with Crippen molar-refractivity contribution < 1.29 is 19.5 Å². The van der Waals surface area contributed by atoms with Gasteiger partial charge in [0.25, 0.3) is 0 Å². The van der Waals surface area contributed by atoms with Crippen molar-refractivity contribution in [3.05, 3.63) is 0 Å². The fraction of sp³-hybridized carbons (Fsp3) is 0.786.